The number of amides is 2. The van der Waals surface area contributed by atoms with Gasteiger partial charge in [-0.05, 0) is 51.2 Å². The molecule has 1 unspecified atom stereocenters. The summed E-state index contributed by atoms with van der Waals surface area (Å²) in [6.45, 7) is 5.55. The average Bonchev–Trinajstić information content (AvgIpc) is 2.90. The molecule has 0 aliphatic carbocycles. The lowest BCUT2D eigenvalue weighted by atomic mass is 9.98. The molecule has 142 valence electrons. The van der Waals surface area contributed by atoms with E-state index < -0.39 is 0 Å². The maximum atomic E-state index is 12.2. The molecular weight excluding hydrogens is 330 g/mol. The first kappa shape index (κ1) is 18.7. The summed E-state index contributed by atoms with van der Waals surface area (Å²) < 4.78 is 5.19. The molecule has 26 heavy (non-hydrogen) atoms. The number of rotatable bonds is 6. The van der Waals surface area contributed by atoms with Gasteiger partial charge in [-0.25, -0.2) is 4.79 Å². The Bertz CT molecular complexity index is 635. The Hall–Kier alpha value is -2.08. The minimum atomic E-state index is -0.163. The molecule has 2 N–H and O–H groups in total. The zero-order valence-corrected chi connectivity index (χ0v) is 15.7. The van der Waals surface area contributed by atoms with Crippen LogP contribution in [0.4, 0.5) is 4.79 Å². The van der Waals surface area contributed by atoms with Gasteiger partial charge in [0, 0.05) is 36.8 Å². The van der Waals surface area contributed by atoms with Gasteiger partial charge < -0.3 is 20.3 Å². The Morgan fingerprint density at radius 2 is 1.85 bits per heavy atom. The molecule has 1 aromatic carbocycles. The Labute approximate surface area is 155 Å². The number of fused-ring (bicyclic) bond motifs is 2. The summed E-state index contributed by atoms with van der Waals surface area (Å²) in [5.41, 5.74) is 1.72. The number of aryl methyl sites for hydroxylation is 1. The highest BCUT2D eigenvalue weighted by atomic mass is 16.6. The minimum Gasteiger partial charge on any atom is -0.450 e. The van der Waals surface area contributed by atoms with Crippen molar-refractivity contribution in [2.75, 3.05) is 19.7 Å². The van der Waals surface area contributed by atoms with Crippen LogP contribution in [0.5, 0.6) is 0 Å². The van der Waals surface area contributed by atoms with E-state index in [2.05, 4.69) is 10.6 Å². The van der Waals surface area contributed by atoms with Gasteiger partial charge in [-0.3, -0.25) is 4.79 Å². The van der Waals surface area contributed by atoms with Gasteiger partial charge in [0.25, 0.3) is 5.91 Å². The number of nitrogens with one attached hydrogen (secondary N) is 2. The van der Waals surface area contributed by atoms with Crippen molar-refractivity contribution in [2.24, 2.45) is 0 Å². The van der Waals surface area contributed by atoms with Gasteiger partial charge in [0.2, 0.25) is 0 Å². The maximum Gasteiger partial charge on any atom is 0.410 e. The summed E-state index contributed by atoms with van der Waals surface area (Å²) in [6, 6.07) is 8.58. The normalized spacial score (nSPS) is 24.4. The van der Waals surface area contributed by atoms with E-state index in [4.69, 9.17) is 4.74 Å². The van der Waals surface area contributed by atoms with Crippen molar-refractivity contribution < 1.29 is 14.3 Å². The van der Waals surface area contributed by atoms with Crippen LogP contribution in [0.25, 0.3) is 0 Å². The summed E-state index contributed by atoms with van der Waals surface area (Å²) in [6.07, 6.45) is 3.88. The third-order valence-electron chi connectivity index (χ3n) is 5.44. The van der Waals surface area contributed by atoms with Crippen molar-refractivity contribution in [1.82, 2.24) is 15.5 Å². The molecule has 1 aromatic rings. The first-order valence-electron chi connectivity index (χ1n) is 9.62. The number of carbonyl (C=O) groups excluding carboxylic acids is 2. The number of ether oxygens (including phenoxy) is 1. The molecule has 6 heteroatoms. The Morgan fingerprint density at radius 3 is 2.50 bits per heavy atom. The monoisotopic (exact) mass is 359 g/mol. The third-order valence-corrected chi connectivity index (χ3v) is 5.44. The number of hydrogen-bond acceptors (Lipinski definition) is 4. The molecule has 2 aliphatic heterocycles. The molecule has 0 saturated carbocycles. The van der Waals surface area contributed by atoms with Crippen LogP contribution in [0.15, 0.2) is 24.3 Å². The van der Waals surface area contributed by atoms with Crippen LogP contribution < -0.4 is 10.6 Å². The largest absolute Gasteiger partial charge is 0.450 e. The van der Waals surface area contributed by atoms with E-state index in [1.807, 2.05) is 43.0 Å². The molecule has 2 saturated heterocycles. The summed E-state index contributed by atoms with van der Waals surface area (Å²) in [4.78, 5) is 26.3. The lowest BCUT2D eigenvalue weighted by Crippen LogP contribution is -2.52. The second kappa shape index (κ2) is 8.54. The topological polar surface area (TPSA) is 70.7 Å². The molecule has 2 aliphatic rings. The van der Waals surface area contributed by atoms with Gasteiger partial charge in [0.05, 0.1) is 6.61 Å². The summed E-state index contributed by atoms with van der Waals surface area (Å²) in [5.74, 6) is -0.0258. The lowest BCUT2D eigenvalue weighted by Gasteiger charge is -2.38. The molecule has 2 heterocycles. The van der Waals surface area contributed by atoms with Crippen LogP contribution in [0, 0.1) is 6.92 Å². The smallest absolute Gasteiger partial charge is 0.410 e. The molecule has 3 rings (SSSR count). The van der Waals surface area contributed by atoms with Crippen LogP contribution in [0.3, 0.4) is 0 Å². The average molecular weight is 359 g/mol. The minimum absolute atomic E-state index is 0.0258. The first-order chi connectivity index (χ1) is 12.6. The quantitative estimate of drug-likeness (QED) is 0.766. The first-order valence-corrected chi connectivity index (χ1v) is 9.62. The molecular formula is C20H29N3O3. The fourth-order valence-electron chi connectivity index (χ4n) is 4.22. The lowest BCUT2D eigenvalue weighted by molar-refractivity contribution is 0.0659. The SMILES string of the molecule is CCOC(=O)N1[C@@H]2CC[C@H]1CC(NCCNC(=O)c1ccccc1C)C2. The molecule has 2 amide bonds. The predicted octanol–water partition coefficient (Wildman–Crippen LogP) is 2.47. The van der Waals surface area contributed by atoms with Gasteiger partial charge in [0.1, 0.15) is 0 Å². The zero-order valence-electron chi connectivity index (χ0n) is 15.7. The van der Waals surface area contributed by atoms with Crippen LogP contribution in [0.2, 0.25) is 0 Å². The highest BCUT2D eigenvalue weighted by molar-refractivity contribution is 5.95. The van der Waals surface area contributed by atoms with Crippen molar-refractivity contribution in [2.45, 2.75) is 57.7 Å². The van der Waals surface area contributed by atoms with Gasteiger partial charge in [-0.2, -0.15) is 0 Å². The van der Waals surface area contributed by atoms with Crippen LogP contribution >= 0.6 is 0 Å². The molecule has 3 atom stereocenters. The second-order valence-corrected chi connectivity index (χ2v) is 7.18. The van der Waals surface area contributed by atoms with Gasteiger partial charge in [-0.15, -0.1) is 0 Å². The number of nitrogens with zero attached hydrogens (tertiary/aromatic N) is 1. The second-order valence-electron chi connectivity index (χ2n) is 7.18. The van der Waals surface area contributed by atoms with Crippen LogP contribution in [-0.2, 0) is 4.74 Å². The van der Waals surface area contributed by atoms with Crippen molar-refractivity contribution in [1.29, 1.82) is 0 Å². The predicted molar refractivity (Wildman–Crippen MR) is 100 cm³/mol. The summed E-state index contributed by atoms with van der Waals surface area (Å²) in [7, 11) is 0. The van der Waals surface area contributed by atoms with E-state index in [1.54, 1.807) is 0 Å². The van der Waals surface area contributed by atoms with Crippen molar-refractivity contribution in [3.05, 3.63) is 35.4 Å². The molecule has 2 bridgehead atoms. The van der Waals surface area contributed by atoms with Gasteiger partial charge in [-0.1, -0.05) is 18.2 Å². The fraction of sp³-hybridized carbons (Fsp3) is 0.600. The standard InChI is InChI=1S/C20H29N3O3/c1-3-26-20(25)23-16-8-9-17(23)13-15(12-16)21-10-11-22-19(24)18-7-5-4-6-14(18)2/h4-7,15-17,21H,3,8-13H2,1-2H3,(H,22,24)/t15?,16-,17+. The van der Waals surface area contributed by atoms with E-state index in [1.165, 1.54) is 0 Å². The highest BCUT2D eigenvalue weighted by Crippen LogP contribution is 2.36. The Kier molecular flexibility index (Phi) is 6.14. The van der Waals surface area contributed by atoms with Crippen LogP contribution in [-0.4, -0.2) is 54.7 Å². The third kappa shape index (κ3) is 4.18. The molecule has 0 spiro atoms. The Balaban J connectivity index is 1.41. The van der Waals surface area contributed by atoms with E-state index in [-0.39, 0.29) is 24.1 Å². The fourth-order valence-corrected chi connectivity index (χ4v) is 4.22. The van der Waals surface area contributed by atoms with Crippen LogP contribution in [0.1, 0.15) is 48.5 Å². The van der Waals surface area contributed by atoms with Gasteiger partial charge in [0.15, 0.2) is 0 Å². The number of piperidine rings is 1. The Morgan fingerprint density at radius 1 is 1.15 bits per heavy atom. The number of benzene rings is 1. The van der Waals surface area contributed by atoms with E-state index >= 15 is 0 Å². The van der Waals surface area contributed by atoms with Crippen molar-refractivity contribution in [3.8, 4) is 0 Å². The number of carbonyl (C=O) groups is 2. The zero-order chi connectivity index (χ0) is 18.5. The van der Waals surface area contributed by atoms with E-state index in [0.717, 1.165) is 43.4 Å². The van der Waals surface area contributed by atoms with Gasteiger partial charge >= 0.3 is 6.09 Å². The maximum absolute atomic E-state index is 12.2. The van der Waals surface area contributed by atoms with E-state index in [0.29, 0.717) is 19.2 Å². The highest BCUT2D eigenvalue weighted by Gasteiger charge is 2.43. The number of hydrogen-bond donors (Lipinski definition) is 2. The van der Waals surface area contributed by atoms with Crippen molar-refractivity contribution >= 4 is 12.0 Å². The van der Waals surface area contributed by atoms with Crippen molar-refractivity contribution in [3.63, 3.8) is 0 Å². The molecule has 0 radical (unpaired) electrons. The summed E-state index contributed by atoms with van der Waals surface area (Å²) in [5, 5.41) is 6.52. The van der Waals surface area contributed by atoms with E-state index in [9.17, 15) is 9.59 Å². The molecule has 2 fully saturated rings. The molecule has 6 nitrogen and oxygen atoms in total. The summed E-state index contributed by atoms with van der Waals surface area (Å²) >= 11 is 0. The molecule has 0 aromatic heterocycles.